The number of rotatable bonds is 1. The third-order valence-corrected chi connectivity index (χ3v) is 4.83. The number of ether oxygens (including phenoxy) is 1. The van der Waals surface area contributed by atoms with E-state index in [1.807, 2.05) is 6.07 Å². The molecule has 2 fully saturated rings. The van der Waals surface area contributed by atoms with E-state index < -0.39 is 0 Å². The minimum absolute atomic E-state index is 0.149. The quantitative estimate of drug-likeness (QED) is 0.840. The summed E-state index contributed by atoms with van der Waals surface area (Å²) < 4.78 is 6.31. The molecule has 4 rings (SSSR count). The highest BCUT2D eigenvalue weighted by Gasteiger charge is 2.48. The number of fused-ring (bicyclic) bond motifs is 1. The van der Waals surface area contributed by atoms with Crippen molar-refractivity contribution in [3.63, 3.8) is 0 Å². The minimum atomic E-state index is -0.372. The first kappa shape index (κ1) is 11.7. The Morgan fingerprint density at radius 3 is 3.00 bits per heavy atom. The van der Waals surface area contributed by atoms with Crippen LogP contribution in [0.3, 0.4) is 0 Å². The van der Waals surface area contributed by atoms with Gasteiger partial charge in [-0.2, -0.15) is 0 Å². The topological polar surface area (TPSA) is 32.7 Å². The number of hydrogen-bond donors (Lipinski definition) is 1. The van der Waals surface area contributed by atoms with E-state index in [1.165, 1.54) is 18.4 Å². The molecular weight excluding hydrogens is 238 g/mol. The predicted molar refractivity (Wildman–Crippen MR) is 73.3 cm³/mol. The Labute approximate surface area is 114 Å². The first-order valence-electron chi connectivity index (χ1n) is 7.37. The number of nitrogens with zero attached hydrogens (tertiary/aromatic N) is 1. The molecule has 2 heterocycles. The van der Waals surface area contributed by atoms with Crippen molar-refractivity contribution in [2.24, 2.45) is 0 Å². The largest absolute Gasteiger partial charge is 0.485 e. The van der Waals surface area contributed by atoms with Crippen LogP contribution in [0.4, 0.5) is 0 Å². The molecule has 0 radical (unpaired) electrons. The lowest BCUT2D eigenvalue weighted by Gasteiger charge is -2.38. The highest BCUT2D eigenvalue weighted by Crippen LogP contribution is 2.45. The molecule has 102 valence electrons. The second-order valence-corrected chi connectivity index (χ2v) is 6.50. The summed E-state index contributed by atoms with van der Waals surface area (Å²) in [5, 5.41) is 10.5. The molecule has 1 saturated heterocycles. The van der Waals surface area contributed by atoms with Crippen LogP contribution >= 0.6 is 0 Å². The van der Waals surface area contributed by atoms with E-state index in [2.05, 4.69) is 24.0 Å². The number of benzene rings is 1. The first-order chi connectivity index (χ1) is 9.15. The van der Waals surface area contributed by atoms with Crippen LogP contribution in [0.2, 0.25) is 0 Å². The third kappa shape index (κ3) is 1.96. The molecule has 3 aliphatic rings. The summed E-state index contributed by atoms with van der Waals surface area (Å²) >= 11 is 0. The summed E-state index contributed by atoms with van der Waals surface area (Å²) in [6, 6.07) is 6.94. The van der Waals surface area contributed by atoms with E-state index in [4.69, 9.17) is 4.74 Å². The average Bonchev–Trinajstić information content (AvgIpc) is 3.15. The van der Waals surface area contributed by atoms with Crippen molar-refractivity contribution in [1.82, 2.24) is 4.90 Å². The van der Waals surface area contributed by atoms with E-state index in [0.717, 1.165) is 43.3 Å². The van der Waals surface area contributed by atoms with Gasteiger partial charge in [0, 0.05) is 37.5 Å². The zero-order valence-electron chi connectivity index (χ0n) is 11.4. The van der Waals surface area contributed by atoms with E-state index in [1.54, 1.807) is 0 Å². The minimum Gasteiger partial charge on any atom is -0.485 e. The molecule has 0 aromatic heterocycles. The fourth-order valence-corrected chi connectivity index (χ4v) is 3.64. The van der Waals surface area contributed by atoms with Crippen molar-refractivity contribution in [2.75, 3.05) is 13.1 Å². The number of aliphatic hydroxyl groups excluding tert-OH is 1. The molecule has 1 aromatic rings. The summed E-state index contributed by atoms with van der Waals surface area (Å²) in [5.74, 6) is 0.891. The van der Waals surface area contributed by atoms with Gasteiger partial charge >= 0.3 is 0 Å². The molecule has 0 bridgehead atoms. The van der Waals surface area contributed by atoms with Crippen LogP contribution in [-0.2, 0) is 0 Å². The lowest BCUT2D eigenvalue weighted by atomic mass is 9.87. The van der Waals surface area contributed by atoms with Crippen LogP contribution < -0.4 is 4.74 Å². The summed E-state index contributed by atoms with van der Waals surface area (Å²) in [5.41, 5.74) is 2.00. The predicted octanol–water partition coefficient (Wildman–Crippen LogP) is 2.42. The maximum Gasteiger partial charge on any atom is 0.126 e. The smallest absolute Gasteiger partial charge is 0.126 e. The van der Waals surface area contributed by atoms with Gasteiger partial charge in [-0.25, -0.2) is 0 Å². The molecule has 2 unspecified atom stereocenters. The SMILES string of the molecule is Cc1ccc2c(c1)C(O)CC1(CCN(C3CC3)C1)O2. The summed E-state index contributed by atoms with van der Waals surface area (Å²) in [4.78, 5) is 2.55. The lowest BCUT2D eigenvalue weighted by molar-refractivity contribution is -0.00766. The highest BCUT2D eigenvalue weighted by molar-refractivity contribution is 5.41. The standard InChI is InChI=1S/C16H21NO2/c1-11-2-5-15-13(8-11)14(18)9-16(19-15)6-7-17(10-16)12-3-4-12/h2,5,8,12,14,18H,3-4,6-7,9-10H2,1H3. The molecule has 1 N–H and O–H groups in total. The monoisotopic (exact) mass is 259 g/mol. The van der Waals surface area contributed by atoms with E-state index in [9.17, 15) is 5.11 Å². The fraction of sp³-hybridized carbons (Fsp3) is 0.625. The van der Waals surface area contributed by atoms with Gasteiger partial charge in [-0.15, -0.1) is 0 Å². The van der Waals surface area contributed by atoms with Crippen molar-refractivity contribution >= 4 is 0 Å². The maximum atomic E-state index is 10.5. The number of aryl methyl sites for hydroxylation is 1. The molecule has 19 heavy (non-hydrogen) atoms. The Hall–Kier alpha value is -1.06. The van der Waals surface area contributed by atoms with Gasteiger partial charge in [-0.1, -0.05) is 11.6 Å². The Balaban J connectivity index is 1.62. The van der Waals surface area contributed by atoms with Crippen molar-refractivity contribution in [3.05, 3.63) is 29.3 Å². The van der Waals surface area contributed by atoms with Crippen LogP contribution in [0, 0.1) is 6.92 Å². The van der Waals surface area contributed by atoms with Crippen molar-refractivity contribution in [3.8, 4) is 5.75 Å². The summed E-state index contributed by atoms with van der Waals surface area (Å²) in [7, 11) is 0. The second-order valence-electron chi connectivity index (χ2n) is 6.50. The maximum absolute atomic E-state index is 10.5. The molecule has 3 heteroatoms. The van der Waals surface area contributed by atoms with Gasteiger partial charge in [0.15, 0.2) is 0 Å². The zero-order valence-corrected chi connectivity index (χ0v) is 11.4. The van der Waals surface area contributed by atoms with Gasteiger partial charge in [-0.05, 0) is 31.9 Å². The van der Waals surface area contributed by atoms with E-state index in [0.29, 0.717) is 0 Å². The molecule has 3 nitrogen and oxygen atoms in total. The van der Waals surface area contributed by atoms with Gasteiger partial charge < -0.3 is 9.84 Å². The van der Waals surface area contributed by atoms with Gasteiger partial charge in [0.2, 0.25) is 0 Å². The Bertz CT molecular complexity index is 511. The molecule has 0 amide bonds. The fourth-order valence-electron chi connectivity index (χ4n) is 3.64. The molecule has 1 spiro atoms. The Morgan fingerprint density at radius 2 is 2.21 bits per heavy atom. The zero-order chi connectivity index (χ0) is 13.0. The number of aliphatic hydroxyl groups is 1. The number of hydrogen-bond acceptors (Lipinski definition) is 3. The molecule has 2 aliphatic heterocycles. The normalized spacial score (nSPS) is 34.3. The highest BCUT2D eigenvalue weighted by atomic mass is 16.5. The van der Waals surface area contributed by atoms with Crippen molar-refractivity contribution in [1.29, 1.82) is 0 Å². The van der Waals surface area contributed by atoms with Crippen LogP contribution in [0.15, 0.2) is 18.2 Å². The van der Waals surface area contributed by atoms with E-state index >= 15 is 0 Å². The Morgan fingerprint density at radius 1 is 1.37 bits per heavy atom. The molecular formula is C16H21NO2. The van der Waals surface area contributed by atoms with Gasteiger partial charge in [0.1, 0.15) is 11.4 Å². The summed E-state index contributed by atoms with van der Waals surface area (Å²) in [6.07, 6.45) is 4.10. The van der Waals surface area contributed by atoms with Gasteiger partial charge in [0.25, 0.3) is 0 Å². The van der Waals surface area contributed by atoms with Gasteiger partial charge in [-0.3, -0.25) is 4.90 Å². The van der Waals surface area contributed by atoms with Crippen molar-refractivity contribution < 1.29 is 9.84 Å². The molecule has 1 aromatic carbocycles. The summed E-state index contributed by atoms with van der Waals surface area (Å²) in [6.45, 7) is 4.17. The molecule has 2 atom stereocenters. The van der Waals surface area contributed by atoms with Crippen LogP contribution in [0.25, 0.3) is 0 Å². The van der Waals surface area contributed by atoms with Gasteiger partial charge in [0.05, 0.1) is 6.10 Å². The Kier molecular flexibility index (Phi) is 2.45. The molecule has 1 aliphatic carbocycles. The number of likely N-dealkylation sites (tertiary alicyclic amines) is 1. The van der Waals surface area contributed by atoms with Crippen LogP contribution in [-0.4, -0.2) is 34.7 Å². The first-order valence-corrected chi connectivity index (χ1v) is 7.37. The molecule has 1 saturated carbocycles. The van der Waals surface area contributed by atoms with Crippen molar-refractivity contribution in [2.45, 2.75) is 50.4 Å². The third-order valence-electron chi connectivity index (χ3n) is 4.83. The van der Waals surface area contributed by atoms with Crippen LogP contribution in [0.1, 0.15) is 42.9 Å². The lowest BCUT2D eigenvalue weighted by Crippen LogP contribution is -2.44. The second kappa shape index (κ2) is 3.97. The van der Waals surface area contributed by atoms with E-state index in [-0.39, 0.29) is 11.7 Å². The van der Waals surface area contributed by atoms with Crippen LogP contribution in [0.5, 0.6) is 5.75 Å². The average molecular weight is 259 g/mol.